The Morgan fingerprint density at radius 1 is 0.964 bits per heavy atom. The van der Waals surface area contributed by atoms with Crippen molar-refractivity contribution >= 4 is 11.5 Å². The highest BCUT2D eigenvalue weighted by molar-refractivity contribution is 6.11. The zero-order valence-electron chi connectivity index (χ0n) is 17.4. The van der Waals surface area contributed by atoms with Crippen molar-refractivity contribution in [2.45, 2.75) is 45.4 Å². The molecule has 0 amide bonds. The van der Waals surface area contributed by atoms with Crippen LogP contribution in [0.5, 0.6) is 5.75 Å². The molecule has 4 nitrogen and oxygen atoms in total. The Kier molecular flexibility index (Phi) is 9.02. The second-order valence-electron chi connectivity index (χ2n) is 7.42. The Labute approximate surface area is 169 Å². The van der Waals surface area contributed by atoms with E-state index in [1.165, 1.54) is 0 Å². The maximum Gasteiger partial charge on any atom is 0.196 e. The number of ketones is 1. The topological polar surface area (TPSA) is 49.8 Å². The van der Waals surface area contributed by atoms with E-state index >= 15 is 0 Å². The van der Waals surface area contributed by atoms with Crippen molar-refractivity contribution in [3.05, 3.63) is 59.2 Å². The fraction of sp³-hybridized carbons (Fsp3) is 0.458. The van der Waals surface area contributed by atoms with Gasteiger partial charge in [-0.2, -0.15) is 0 Å². The zero-order chi connectivity index (χ0) is 20.4. The van der Waals surface area contributed by atoms with Crippen LogP contribution in [0.15, 0.2) is 42.5 Å². The third-order valence-electron chi connectivity index (χ3n) is 4.87. The predicted molar refractivity (Wildman–Crippen MR) is 116 cm³/mol. The second kappa shape index (κ2) is 11.5. The maximum atomic E-state index is 13.0. The number of carbonyl (C=O) groups excluding carboxylic acids is 1. The summed E-state index contributed by atoms with van der Waals surface area (Å²) in [7, 11) is 3.99. The van der Waals surface area contributed by atoms with Crippen molar-refractivity contribution in [2.24, 2.45) is 0 Å². The number of unbranched alkanes of at least 4 members (excludes halogenated alkanes) is 5. The molecule has 0 saturated heterocycles. The van der Waals surface area contributed by atoms with Crippen molar-refractivity contribution in [1.29, 1.82) is 0 Å². The molecule has 1 N–H and O–H groups in total. The minimum absolute atomic E-state index is 0.00647. The molecule has 2 aromatic rings. The van der Waals surface area contributed by atoms with Gasteiger partial charge in [-0.05, 0) is 31.4 Å². The molecular weight excluding hydrogens is 350 g/mol. The lowest BCUT2D eigenvalue weighted by atomic mass is 9.99. The van der Waals surface area contributed by atoms with Gasteiger partial charge in [0.15, 0.2) is 5.78 Å². The molecule has 0 radical (unpaired) electrons. The summed E-state index contributed by atoms with van der Waals surface area (Å²) < 4.78 is 6.07. The number of benzene rings is 2. The van der Waals surface area contributed by atoms with Crippen LogP contribution in [0.3, 0.4) is 0 Å². The molecule has 0 aromatic heterocycles. The van der Waals surface area contributed by atoms with Gasteiger partial charge < -0.3 is 14.7 Å². The van der Waals surface area contributed by atoms with Gasteiger partial charge in [-0.1, -0.05) is 56.0 Å². The van der Waals surface area contributed by atoms with Crippen molar-refractivity contribution in [3.63, 3.8) is 0 Å². The first-order chi connectivity index (χ1) is 13.5. The van der Waals surface area contributed by atoms with E-state index in [0.29, 0.717) is 23.5 Å². The van der Waals surface area contributed by atoms with Gasteiger partial charge in [-0.25, -0.2) is 0 Å². The van der Waals surface area contributed by atoms with E-state index in [0.717, 1.165) is 49.8 Å². The predicted octanol–water partition coefficient (Wildman–Crippen LogP) is 5.00. The molecule has 28 heavy (non-hydrogen) atoms. The van der Waals surface area contributed by atoms with Crippen LogP contribution in [0.25, 0.3) is 0 Å². The lowest BCUT2D eigenvalue weighted by molar-refractivity contribution is 0.103. The van der Waals surface area contributed by atoms with Gasteiger partial charge in [0.25, 0.3) is 0 Å². The number of rotatable bonds is 12. The fourth-order valence-corrected chi connectivity index (χ4v) is 3.30. The standard InChI is InChI=1S/C24H33NO3/c1-19-17-21(24(27)20-13-9-8-10-14-20)23(18-22(19)25(2)3)28-16-12-7-5-4-6-11-15-26/h8-10,13-14,17-18,26H,4-7,11-12,15-16H2,1-3H3. The third-order valence-corrected chi connectivity index (χ3v) is 4.87. The number of hydrogen-bond acceptors (Lipinski definition) is 4. The highest BCUT2D eigenvalue weighted by atomic mass is 16.5. The molecule has 2 aromatic carbocycles. The molecular formula is C24H33NO3. The quantitative estimate of drug-likeness (QED) is 0.414. The van der Waals surface area contributed by atoms with Gasteiger partial charge in [0.05, 0.1) is 12.2 Å². The second-order valence-corrected chi connectivity index (χ2v) is 7.42. The van der Waals surface area contributed by atoms with E-state index in [1.807, 2.05) is 68.4 Å². The molecule has 0 aliphatic heterocycles. The van der Waals surface area contributed by atoms with Crippen molar-refractivity contribution < 1.29 is 14.6 Å². The molecule has 0 heterocycles. The maximum absolute atomic E-state index is 13.0. The first-order valence-electron chi connectivity index (χ1n) is 10.2. The fourth-order valence-electron chi connectivity index (χ4n) is 3.30. The van der Waals surface area contributed by atoms with Crippen molar-refractivity contribution in [2.75, 3.05) is 32.2 Å². The smallest absolute Gasteiger partial charge is 0.196 e. The molecule has 0 aliphatic rings. The summed E-state index contributed by atoms with van der Waals surface area (Å²) in [6.07, 6.45) is 6.32. The molecule has 0 saturated carbocycles. The molecule has 4 heteroatoms. The van der Waals surface area contributed by atoms with Crippen LogP contribution in [-0.2, 0) is 0 Å². The number of anilines is 1. The van der Waals surface area contributed by atoms with Crippen LogP contribution in [0, 0.1) is 6.92 Å². The summed E-state index contributed by atoms with van der Waals surface area (Å²) >= 11 is 0. The molecule has 0 atom stereocenters. The Morgan fingerprint density at radius 2 is 1.61 bits per heavy atom. The van der Waals surface area contributed by atoms with Crippen LogP contribution in [-0.4, -0.2) is 38.2 Å². The van der Waals surface area contributed by atoms with E-state index in [-0.39, 0.29) is 12.4 Å². The number of aliphatic hydroxyl groups excluding tert-OH is 1. The average molecular weight is 384 g/mol. The SMILES string of the molecule is Cc1cc(C(=O)c2ccccc2)c(OCCCCCCCCO)cc1N(C)C. The van der Waals surface area contributed by atoms with E-state index in [2.05, 4.69) is 0 Å². The number of carbonyl (C=O) groups is 1. The van der Waals surface area contributed by atoms with Crippen LogP contribution >= 0.6 is 0 Å². The molecule has 0 fully saturated rings. The first kappa shape index (κ1) is 22.0. The number of nitrogens with zero attached hydrogens (tertiary/aromatic N) is 1. The zero-order valence-corrected chi connectivity index (χ0v) is 17.4. The summed E-state index contributed by atoms with van der Waals surface area (Å²) in [5.74, 6) is 0.649. The van der Waals surface area contributed by atoms with Crippen molar-refractivity contribution in [1.82, 2.24) is 0 Å². The van der Waals surface area contributed by atoms with Gasteiger partial charge in [-0.15, -0.1) is 0 Å². The summed E-state index contributed by atoms with van der Waals surface area (Å²) in [6.45, 7) is 2.90. The minimum atomic E-state index is -0.00647. The van der Waals surface area contributed by atoms with Crippen LogP contribution < -0.4 is 9.64 Å². The van der Waals surface area contributed by atoms with Gasteiger partial charge in [0, 0.05) is 38.0 Å². The normalized spacial score (nSPS) is 10.7. The van der Waals surface area contributed by atoms with E-state index in [9.17, 15) is 4.79 Å². The molecule has 0 bridgehead atoms. The minimum Gasteiger partial charge on any atom is -0.493 e. The number of aliphatic hydroxyl groups is 1. The summed E-state index contributed by atoms with van der Waals surface area (Å²) in [6, 6.07) is 13.3. The number of hydrogen-bond donors (Lipinski definition) is 1. The van der Waals surface area contributed by atoms with E-state index in [1.54, 1.807) is 0 Å². The van der Waals surface area contributed by atoms with Gasteiger partial charge in [0.1, 0.15) is 5.75 Å². The highest BCUT2D eigenvalue weighted by Gasteiger charge is 2.18. The first-order valence-corrected chi connectivity index (χ1v) is 10.2. The third kappa shape index (κ3) is 6.38. The molecule has 0 aliphatic carbocycles. The molecule has 0 spiro atoms. The Hall–Kier alpha value is -2.33. The number of aryl methyl sites for hydroxylation is 1. The Bertz CT molecular complexity index is 741. The summed E-state index contributed by atoms with van der Waals surface area (Å²) in [5.41, 5.74) is 3.41. The Morgan fingerprint density at radius 3 is 2.25 bits per heavy atom. The van der Waals surface area contributed by atoms with Crippen LogP contribution in [0.4, 0.5) is 5.69 Å². The average Bonchev–Trinajstić information content (AvgIpc) is 2.70. The largest absolute Gasteiger partial charge is 0.493 e. The molecule has 2 rings (SSSR count). The van der Waals surface area contributed by atoms with Crippen LogP contribution in [0.2, 0.25) is 0 Å². The van der Waals surface area contributed by atoms with Gasteiger partial charge >= 0.3 is 0 Å². The summed E-state index contributed by atoms with van der Waals surface area (Å²) in [5, 5.41) is 8.82. The van der Waals surface area contributed by atoms with E-state index in [4.69, 9.17) is 9.84 Å². The lowest BCUT2D eigenvalue weighted by Crippen LogP contribution is -2.13. The molecule has 152 valence electrons. The summed E-state index contributed by atoms with van der Waals surface area (Å²) in [4.78, 5) is 15.1. The van der Waals surface area contributed by atoms with Gasteiger partial charge in [0.2, 0.25) is 0 Å². The van der Waals surface area contributed by atoms with Gasteiger partial charge in [-0.3, -0.25) is 4.79 Å². The molecule has 0 unspecified atom stereocenters. The monoisotopic (exact) mass is 383 g/mol. The van der Waals surface area contributed by atoms with E-state index < -0.39 is 0 Å². The lowest BCUT2D eigenvalue weighted by Gasteiger charge is -2.20. The van der Waals surface area contributed by atoms with Crippen LogP contribution in [0.1, 0.15) is 60.0 Å². The number of ether oxygens (including phenoxy) is 1. The highest BCUT2D eigenvalue weighted by Crippen LogP contribution is 2.30. The van der Waals surface area contributed by atoms with Crippen molar-refractivity contribution in [3.8, 4) is 5.75 Å². The Balaban J connectivity index is 2.07.